The van der Waals surface area contributed by atoms with Gasteiger partial charge in [-0.1, -0.05) is 66.7 Å². The van der Waals surface area contributed by atoms with Gasteiger partial charge < -0.3 is 9.64 Å². The van der Waals surface area contributed by atoms with E-state index >= 15 is 0 Å². The van der Waals surface area contributed by atoms with Crippen LogP contribution in [0.5, 0.6) is 5.75 Å². The first-order chi connectivity index (χ1) is 22.7. The maximum Gasteiger partial charge on any atom is 0.254 e. The number of thiophene rings is 1. The number of carbonyl (C=O) groups is 2. The zero-order valence-electron chi connectivity index (χ0n) is 26.0. The molecule has 10 heteroatoms. The van der Waals surface area contributed by atoms with Gasteiger partial charge in [0.15, 0.2) is 5.78 Å². The van der Waals surface area contributed by atoms with Crippen molar-refractivity contribution in [3.8, 4) is 5.75 Å². The van der Waals surface area contributed by atoms with Crippen LogP contribution in [0.2, 0.25) is 0 Å². The van der Waals surface area contributed by atoms with Crippen LogP contribution in [-0.4, -0.2) is 51.0 Å². The zero-order valence-corrected chi connectivity index (χ0v) is 29.2. The van der Waals surface area contributed by atoms with Gasteiger partial charge in [0, 0.05) is 20.5 Å². The minimum atomic E-state index is -3.70. The molecular formula is C37H35BrN2O5S2. The lowest BCUT2D eigenvalue weighted by Gasteiger charge is -2.25. The van der Waals surface area contributed by atoms with E-state index in [4.69, 9.17) is 4.74 Å². The molecule has 47 heavy (non-hydrogen) atoms. The molecule has 0 aliphatic heterocycles. The quantitative estimate of drug-likeness (QED) is 0.122. The molecule has 1 amide bonds. The number of amides is 1. The van der Waals surface area contributed by atoms with Crippen LogP contribution in [0.4, 0.5) is 5.69 Å². The fourth-order valence-electron chi connectivity index (χ4n) is 5.92. The van der Waals surface area contributed by atoms with E-state index in [0.29, 0.717) is 21.3 Å². The first-order valence-corrected chi connectivity index (χ1v) is 19.0. The molecule has 4 aromatic carbocycles. The van der Waals surface area contributed by atoms with E-state index in [1.54, 1.807) is 53.8 Å². The van der Waals surface area contributed by atoms with E-state index < -0.39 is 10.0 Å². The number of hydrogen-bond donors (Lipinski definition) is 0. The third-order valence-electron chi connectivity index (χ3n) is 8.31. The van der Waals surface area contributed by atoms with Crippen LogP contribution in [0, 0.1) is 0 Å². The van der Waals surface area contributed by atoms with Crippen molar-refractivity contribution in [3.63, 3.8) is 0 Å². The highest BCUT2D eigenvalue weighted by atomic mass is 79.9. The number of hydrogen-bond acceptors (Lipinski definition) is 6. The number of sulfonamides is 1. The number of carbonyl (C=O) groups excluding carboxylic acids is 2. The number of aryl methyl sites for hydroxylation is 2. The molecule has 6 rings (SSSR count). The first kappa shape index (κ1) is 32.9. The van der Waals surface area contributed by atoms with Crippen LogP contribution in [0.1, 0.15) is 49.6 Å². The number of ether oxygens (including phenoxy) is 1. The molecule has 5 aromatic rings. The third-order valence-corrected chi connectivity index (χ3v) is 11.4. The minimum Gasteiger partial charge on any atom is -0.490 e. The van der Waals surface area contributed by atoms with E-state index in [2.05, 4.69) is 22.0 Å². The highest BCUT2D eigenvalue weighted by Crippen LogP contribution is 2.41. The Hall–Kier alpha value is -3.99. The second kappa shape index (κ2) is 14.4. The third kappa shape index (κ3) is 7.61. The SMILES string of the molecule is CS(=O)(=O)N(Cc1ccccc1)c1cc(C(=O)CN(CCOc2cccc3c4c(sc23)CCCC4)C(=O)c2ccccc2)ccc1Br. The van der Waals surface area contributed by atoms with Gasteiger partial charge in [-0.05, 0) is 88.5 Å². The fourth-order valence-corrected chi connectivity index (χ4v) is 8.75. The van der Waals surface area contributed by atoms with E-state index in [0.717, 1.165) is 35.1 Å². The van der Waals surface area contributed by atoms with Crippen LogP contribution in [-0.2, 0) is 29.4 Å². The van der Waals surface area contributed by atoms with Crippen molar-refractivity contribution >= 4 is 64.8 Å². The Balaban J connectivity index is 1.23. The summed E-state index contributed by atoms with van der Waals surface area (Å²) >= 11 is 5.28. The Labute approximate surface area is 288 Å². The van der Waals surface area contributed by atoms with Gasteiger partial charge in [-0.2, -0.15) is 0 Å². The van der Waals surface area contributed by atoms with Crippen LogP contribution in [0.15, 0.2) is 102 Å². The Bertz CT molecular complexity index is 2010. The standard InChI is InChI=1S/C37H35BrN2O5S2/c1-47(43,44)40(24-26-11-4-2-5-12-26)32-23-28(19-20-31(32)38)33(41)25-39(37(42)27-13-6-3-7-14-27)21-22-45-34-17-10-16-30-29-15-8-9-18-35(29)46-36(30)34/h2-7,10-14,16-17,19-20,23H,8-9,15,18,21-22,24-25H2,1H3. The molecule has 1 heterocycles. The van der Waals surface area contributed by atoms with E-state index in [-0.39, 0.29) is 37.9 Å². The number of anilines is 1. The van der Waals surface area contributed by atoms with Gasteiger partial charge in [0.25, 0.3) is 5.91 Å². The summed E-state index contributed by atoms with van der Waals surface area (Å²) in [6, 6.07) is 29.1. The molecule has 1 aromatic heterocycles. The molecule has 7 nitrogen and oxygen atoms in total. The number of halogens is 1. The van der Waals surface area contributed by atoms with Gasteiger partial charge in [-0.25, -0.2) is 8.42 Å². The summed E-state index contributed by atoms with van der Waals surface area (Å²) in [4.78, 5) is 30.4. The second-order valence-electron chi connectivity index (χ2n) is 11.6. The molecule has 0 atom stereocenters. The molecular weight excluding hydrogens is 696 g/mol. The molecule has 0 spiro atoms. The molecule has 0 fully saturated rings. The van der Waals surface area contributed by atoms with Gasteiger partial charge in [0.2, 0.25) is 10.0 Å². The smallest absolute Gasteiger partial charge is 0.254 e. The van der Waals surface area contributed by atoms with Gasteiger partial charge >= 0.3 is 0 Å². The zero-order chi connectivity index (χ0) is 33.0. The maximum atomic E-state index is 13.8. The molecule has 0 bridgehead atoms. The summed E-state index contributed by atoms with van der Waals surface area (Å²) in [6.45, 7) is 0.297. The Morgan fingerprint density at radius 2 is 1.60 bits per heavy atom. The van der Waals surface area contributed by atoms with Crippen LogP contribution in [0.25, 0.3) is 10.1 Å². The molecule has 0 saturated heterocycles. The molecule has 0 saturated carbocycles. The maximum absolute atomic E-state index is 13.8. The van der Waals surface area contributed by atoms with Crippen molar-refractivity contribution in [1.29, 1.82) is 0 Å². The summed E-state index contributed by atoms with van der Waals surface area (Å²) in [5, 5.41) is 1.25. The number of Topliss-reactive ketones (excluding diaryl/α,β-unsaturated/α-hetero) is 1. The average Bonchev–Trinajstić information content (AvgIpc) is 3.47. The monoisotopic (exact) mass is 730 g/mol. The van der Waals surface area contributed by atoms with E-state index in [1.807, 2.05) is 48.5 Å². The van der Waals surface area contributed by atoms with Gasteiger partial charge in [0.1, 0.15) is 12.4 Å². The highest BCUT2D eigenvalue weighted by Gasteiger charge is 2.25. The van der Waals surface area contributed by atoms with Crippen molar-refractivity contribution in [1.82, 2.24) is 4.90 Å². The van der Waals surface area contributed by atoms with Crippen LogP contribution >= 0.6 is 27.3 Å². The van der Waals surface area contributed by atoms with Crippen molar-refractivity contribution < 1.29 is 22.7 Å². The Kier molecular flexibility index (Phi) is 10.1. The number of nitrogens with zero attached hydrogens (tertiary/aromatic N) is 2. The minimum absolute atomic E-state index is 0.103. The lowest BCUT2D eigenvalue weighted by atomic mass is 9.96. The van der Waals surface area contributed by atoms with Crippen LogP contribution < -0.4 is 9.04 Å². The number of fused-ring (bicyclic) bond motifs is 3. The molecule has 0 N–H and O–H groups in total. The summed E-state index contributed by atoms with van der Waals surface area (Å²) in [5.41, 5.74) is 3.35. The van der Waals surface area contributed by atoms with Crippen molar-refractivity contribution in [2.24, 2.45) is 0 Å². The summed E-state index contributed by atoms with van der Waals surface area (Å²) < 4.78 is 35.1. The Morgan fingerprint density at radius 3 is 2.34 bits per heavy atom. The highest BCUT2D eigenvalue weighted by molar-refractivity contribution is 9.10. The van der Waals surface area contributed by atoms with Crippen LogP contribution in [0.3, 0.4) is 0 Å². The summed E-state index contributed by atoms with van der Waals surface area (Å²) in [7, 11) is -3.70. The number of ketones is 1. The first-order valence-electron chi connectivity index (χ1n) is 15.5. The molecule has 242 valence electrons. The van der Waals surface area contributed by atoms with Crippen molar-refractivity contribution in [2.45, 2.75) is 32.2 Å². The predicted octanol–water partition coefficient (Wildman–Crippen LogP) is 7.91. The lowest BCUT2D eigenvalue weighted by molar-refractivity contribution is 0.0686. The Morgan fingerprint density at radius 1 is 0.872 bits per heavy atom. The molecule has 1 aliphatic rings. The number of benzene rings is 4. The summed E-state index contributed by atoms with van der Waals surface area (Å²) in [6.07, 6.45) is 5.74. The fraction of sp³-hybridized carbons (Fsp3) is 0.243. The van der Waals surface area contributed by atoms with Crippen molar-refractivity contribution in [2.75, 3.05) is 30.3 Å². The average molecular weight is 732 g/mol. The molecule has 0 unspecified atom stereocenters. The summed E-state index contributed by atoms with van der Waals surface area (Å²) in [5.74, 6) is 0.188. The topological polar surface area (TPSA) is 84.0 Å². The van der Waals surface area contributed by atoms with Crippen molar-refractivity contribution in [3.05, 3.63) is 129 Å². The predicted molar refractivity (Wildman–Crippen MR) is 192 cm³/mol. The largest absolute Gasteiger partial charge is 0.490 e. The van der Waals surface area contributed by atoms with Gasteiger partial charge in [-0.15, -0.1) is 11.3 Å². The second-order valence-corrected chi connectivity index (χ2v) is 15.5. The lowest BCUT2D eigenvalue weighted by Crippen LogP contribution is -2.38. The number of rotatable bonds is 12. The van der Waals surface area contributed by atoms with Gasteiger partial charge in [-0.3, -0.25) is 13.9 Å². The molecule has 0 radical (unpaired) electrons. The molecule has 1 aliphatic carbocycles. The van der Waals surface area contributed by atoms with E-state index in [9.17, 15) is 18.0 Å². The van der Waals surface area contributed by atoms with E-state index in [1.165, 1.54) is 37.9 Å². The van der Waals surface area contributed by atoms with Gasteiger partial charge in [0.05, 0.1) is 36.3 Å². The normalized spacial score (nSPS) is 12.8.